The predicted octanol–water partition coefficient (Wildman–Crippen LogP) is -4.66. The molecule has 1 saturated carbocycles. The summed E-state index contributed by atoms with van der Waals surface area (Å²) in [6.45, 7) is 1.93. The van der Waals surface area contributed by atoms with Gasteiger partial charge in [-0.25, -0.2) is 5.06 Å². The van der Waals surface area contributed by atoms with Gasteiger partial charge in [-0.3, -0.25) is 10.0 Å². The number of nitrogens with two attached hydrogens (primary N) is 4. The van der Waals surface area contributed by atoms with Crippen LogP contribution in [0.1, 0.15) is 32.6 Å². The summed E-state index contributed by atoms with van der Waals surface area (Å²) in [4.78, 5) is 12.8. The normalized spacial score (nSPS) is 38.5. The van der Waals surface area contributed by atoms with Gasteiger partial charge in [-0.05, 0) is 51.8 Å². The molecule has 17 heteroatoms. The van der Waals surface area contributed by atoms with Crippen LogP contribution in [0.15, 0.2) is 11.8 Å². The summed E-state index contributed by atoms with van der Waals surface area (Å²) in [5, 5.41) is 60.2. The number of aliphatic hydroxyl groups excluding tert-OH is 3. The number of hydrogen-bond acceptors (Lipinski definition) is 16. The van der Waals surface area contributed by atoms with E-state index in [1.54, 1.807) is 7.05 Å². The molecule has 0 bridgehead atoms. The van der Waals surface area contributed by atoms with Crippen molar-refractivity contribution in [2.24, 2.45) is 28.9 Å². The molecule has 2 unspecified atom stereocenters. The summed E-state index contributed by atoms with van der Waals surface area (Å²) in [5.74, 6) is -0.890. The number of nitrogens with one attached hydrogen (secondary N) is 2. The van der Waals surface area contributed by atoms with Crippen molar-refractivity contribution >= 4 is 5.91 Å². The Balaban J connectivity index is 1.83. The lowest BCUT2D eigenvalue weighted by atomic mass is 9.77. The minimum absolute atomic E-state index is 0.0391. The molecule has 3 rings (SSSR count). The second-order valence-corrected chi connectivity index (χ2v) is 12.0. The monoisotopic (exact) mass is 635 g/mol. The molecule has 12 atom stereocenters. The third kappa shape index (κ3) is 9.26. The van der Waals surface area contributed by atoms with Crippen LogP contribution in [0.25, 0.3) is 0 Å². The van der Waals surface area contributed by atoms with Crippen LogP contribution < -0.4 is 33.6 Å². The fourth-order valence-electron chi connectivity index (χ4n) is 6.03. The summed E-state index contributed by atoms with van der Waals surface area (Å²) < 4.78 is 24.1. The summed E-state index contributed by atoms with van der Waals surface area (Å²) in [6.07, 6.45) is -5.38. The zero-order chi connectivity index (χ0) is 32.6. The molecule has 0 spiro atoms. The molecule has 2 fully saturated rings. The molecule has 2 heterocycles. The number of ether oxygens (including phenoxy) is 4. The van der Waals surface area contributed by atoms with Crippen molar-refractivity contribution in [2.75, 3.05) is 46.4 Å². The van der Waals surface area contributed by atoms with Crippen molar-refractivity contribution in [1.82, 2.24) is 15.7 Å². The minimum atomic E-state index is -1.44. The van der Waals surface area contributed by atoms with Gasteiger partial charge in [0, 0.05) is 25.6 Å². The van der Waals surface area contributed by atoms with Crippen molar-refractivity contribution in [2.45, 2.75) is 99.4 Å². The number of carbonyl (C=O) groups excluding carboxylic acids is 1. The van der Waals surface area contributed by atoms with Gasteiger partial charge < -0.3 is 72.9 Å². The van der Waals surface area contributed by atoms with Crippen molar-refractivity contribution in [3.63, 3.8) is 0 Å². The first-order valence-electron chi connectivity index (χ1n) is 15.2. The van der Waals surface area contributed by atoms with Gasteiger partial charge in [-0.2, -0.15) is 0 Å². The molecular weight excluding hydrogens is 582 g/mol. The third-order valence-electron chi connectivity index (χ3n) is 8.44. The topological polar surface area (TPSA) is 287 Å². The molecule has 17 nitrogen and oxygen atoms in total. The molecule has 256 valence electrons. The van der Waals surface area contributed by atoms with Gasteiger partial charge in [0.15, 0.2) is 6.29 Å². The summed E-state index contributed by atoms with van der Waals surface area (Å²) in [6, 6.07) is -2.06. The maximum Gasteiger partial charge on any atom is 0.246 e. The fraction of sp³-hybridized carbons (Fsp3) is 0.889. The lowest BCUT2D eigenvalue weighted by Gasteiger charge is -2.49. The standard InChI is InChI=1S/C27H53N7O10/c1-27(39)13-41-26(21(38)24(27)32-2)43-22-14(10-19(36)34(40)8-7-29)9-17(31)23(20(22)37)44-25-18(4-3-16(11-30)42-25)33-12-15(35)5-6-28/h3,14-15,17-18,20-26,32-33,35,37-40H,4-13,28-31H2,1-2H3/t14-,15?,17-,18+,20+,21+,22-,23?,24+,25+,26+,27-/m0/s1. The Kier molecular flexibility index (Phi) is 14.1. The van der Waals surface area contributed by atoms with Gasteiger partial charge in [0.1, 0.15) is 29.7 Å². The molecule has 0 aromatic heterocycles. The third-order valence-corrected chi connectivity index (χ3v) is 8.44. The summed E-state index contributed by atoms with van der Waals surface area (Å²) >= 11 is 0. The van der Waals surface area contributed by atoms with E-state index in [4.69, 9.17) is 41.9 Å². The number of likely N-dealkylation sites (N-methyl/N-ethyl adjacent to an activating group) is 1. The smallest absolute Gasteiger partial charge is 0.246 e. The first kappa shape index (κ1) is 36.9. The highest BCUT2D eigenvalue weighted by Gasteiger charge is 2.52. The minimum Gasteiger partial charge on any atom is -0.467 e. The lowest BCUT2D eigenvalue weighted by molar-refractivity contribution is -0.308. The molecule has 0 radical (unpaired) electrons. The summed E-state index contributed by atoms with van der Waals surface area (Å²) in [7, 11) is 1.57. The Morgan fingerprint density at radius 2 is 1.89 bits per heavy atom. The van der Waals surface area contributed by atoms with Crippen LogP contribution in [0.2, 0.25) is 0 Å². The Labute approximate surface area is 257 Å². The molecule has 2 aliphatic heterocycles. The van der Waals surface area contributed by atoms with E-state index < -0.39 is 78.7 Å². The first-order chi connectivity index (χ1) is 20.9. The van der Waals surface area contributed by atoms with Crippen LogP contribution in [0.4, 0.5) is 0 Å². The molecule has 1 amide bonds. The number of carbonyl (C=O) groups is 1. The fourth-order valence-corrected chi connectivity index (χ4v) is 6.03. The number of nitrogens with zero attached hydrogens (tertiary/aromatic N) is 1. The van der Waals surface area contributed by atoms with E-state index in [0.717, 1.165) is 0 Å². The SMILES string of the molecule is CN[C@@H]1[C@@H](O)[C@@H](O[C@H]2[C@H](CC(=O)N(O)CCN)C[C@H](N)C(O[C@H]3OC(CN)=CC[C@H]3NCC(O)CCN)[C@@H]2O)OC[C@]1(C)O. The number of rotatable bonds is 15. The van der Waals surface area contributed by atoms with Crippen LogP contribution in [-0.2, 0) is 23.7 Å². The van der Waals surface area contributed by atoms with Gasteiger partial charge in [-0.1, -0.05) is 0 Å². The highest BCUT2D eigenvalue weighted by Crippen LogP contribution is 2.36. The lowest BCUT2D eigenvalue weighted by Crippen LogP contribution is -2.67. The Bertz CT molecular complexity index is 933. The number of hydroxylamine groups is 2. The summed E-state index contributed by atoms with van der Waals surface area (Å²) in [5.41, 5.74) is 21.9. The average Bonchev–Trinajstić information content (AvgIpc) is 2.97. The van der Waals surface area contributed by atoms with E-state index >= 15 is 0 Å². The molecule has 1 saturated heterocycles. The van der Waals surface area contributed by atoms with E-state index in [-0.39, 0.29) is 45.6 Å². The molecule has 15 N–H and O–H groups in total. The van der Waals surface area contributed by atoms with E-state index in [9.17, 15) is 30.4 Å². The number of amides is 1. The zero-order valence-electron chi connectivity index (χ0n) is 25.5. The van der Waals surface area contributed by atoms with Gasteiger partial charge in [0.25, 0.3) is 0 Å². The molecule has 0 aromatic carbocycles. The van der Waals surface area contributed by atoms with Crippen LogP contribution in [0.3, 0.4) is 0 Å². The molecule has 1 aliphatic carbocycles. The van der Waals surface area contributed by atoms with E-state index in [2.05, 4.69) is 10.6 Å². The van der Waals surface area contributed by atoms with Gasteiger partial charge in [-0.15, -0.1) is 0 Å². The van der Waals surface area contributed by atoms with Crippen LogP contribution in [-0.4, -0.2) is 150 Å². The maximum atomic E-state index is 12.8. The van der Waals surface area contributed by atoms with Crippen LogP contribution >= 0.6 is 0 Å². The Morgan fingerprint density at radius 3 is 2.52 bits per heavy atom. The second-order valence-electron chi connectivity index (χ2n) is 12.0. The van der Waals surface area contributed by atoms with E-state index in [0.29, 0.717) is 30.2 Å². The average molecular weight is 636 g/mol. The van der Waals surface area contributed by atoms with Crippen molar-refractivity contribution in [3.05, 3.63) is 11.8 Å². The highest BCUT2D eigenvalue weighted by atomic mass is 16.7. The number of aliphatic hydroxyl groups is 4. The second kappa shape index (κ2) is 16.8. The predicted molar refractivity (Wildman–Crippen MR) is 156 cm³/mol. The van der Waals surface area contributed by atoms with Crippen molar-refractivity contribution < 1.29 is 49.4 Å². The largest absolute Gasteiger partial charge is 0.467 e. The highest BCUT2D eigenvalue weighted by molar-refractivity contribution is 5.75. The zero-order valence-corrected chi connectivity index (χ0v) is 25.5. The Morgan fingerprint density at radius 1 is 1.18 bits per heavy atom. The quantitative estimate of drug-likeness (QED) is 0.0595. The van der Waals surface area contributed by atoms with E-state index in [1.165, 1.54) is 6.92 Å². The Hall–Kier alpha value is -1.55. The van der Waals surface area contributed by atoms with Crippen LogP contribution in [0.5, 0.6) is 0 Å². The van der Waals surface area contributed by atoms with Gasteiger partial charge >= 0.3 is 0 Å². The van der Waals surface area contributed by atoms with Gasteiger partial charge in [0.05, 0.1) is 44.0 Å². The van der Waals surface area contributed by atoms with Gasteiger partial charge in [0.2, 0.25) is 12.2 Å². The van der Waals surface area contributed by atoms with Crippen molar-refractivity contribution in [3.8, 4) is 0 Å². The van der Waals surface area contributed by atoms with Crippen LogP contribution in [0, 0.1) is 5.92 Å². The van der Waals surface area contributed by atoms with E-state index in [1.807, 2.05) is 6.08 Å². The molecule has 3 aliphatic rings. The number of hydrogen-bond donors (Lipinski definition) is 11. The molecule has 0 aromatic rings. The first-order valence-corrected chi connectivity index (χ1v) is 15.2. The maximum absolute atomic E-state index is 12.8. The molecular formula is C27H53N7O10. The van der Waals surface area contributed by atoms with Crippen molar-refractivity contribution in [1.29, 1.82) is 0 Å². The molecule has 44 heavy (non-hydrogen) atoms.